The van der Waals surface area contributed by atoms with E-state index in [9.17, 15) is 18.0 Å². The fourth-order valence-corrected chi connectivity index (χ4v) is 3.59. The second-order valence-electron chi connectivity index (χ2n) is 6.25. The van der Waals surface area contributed by atoms with Crippen LogP contribution in [0.1, 0.15) is 24.8 Å². The molecule has 1 aromatic rings. The van der Waals surface area contributed by atoms with E-state index in [0.29, 0.717) is 19.1 Å². The summed E-state index contributed by atoms with van der Waals surface area (Å²) in [7, 11) is 0. The Morgan fingerprint density at radius 1 is 1.21 bits per heavy atom. The zero-order valence-electron chi connectivity index (χ0n) is 13.1. The van der Waals surface area contributed by atoms with E-state index in [0.717, 1.165) is 38.1 Å². The smallest absolute Gasteiger partial charge is 0.322 e. The molecule has 0 aromatic heterocycles. The molecule has 0 spiro atoms. The Morgan fingerprint density at radius 2 is 2.00 bits per heavy atom. The van der Waals surface area contributed by atoms with Crippen molar-refractivity contribution in [3.05, 3.63) is 28.8 Å². The van der Waals surface area contributed by atoms with Crippen molar-refractivity contribution in [3.63, 3.8) is 0 Å². The number of piperidine rings is 1. The quantitative estimate of drug-likeness (QED) is 0.818. The fourth-order valence-electron chi connectivity index (χ4n) is 3.36. The van der Waals surface area contributed by atoms with Gasteiger partial charge in [0.1, 0.15) is 0 Å². The zero-order chi connectivity index (χ0) is 17.3. The number of piperazine rings is 1. The first-order valence-electron chi connectivity index (χ1n) is 8.01. The number of carbonyl (C=O) groups is 1. The first kappa shape index (κ1) is 17.4. The molecule has 2 aliphatic heterocycles. The van der Waals surface area contributed by atoms with E-state index in [-0.39, 0.29) is 16.7 Å². The van der Waals surface area contributed by atoms with Gasteiger partial charge in [-0.2, -0.15) is 13.2 Å². The number of alkyl halides is 3. The molecule has 0 saturated carbocycles. The number of hydrogen-bond donors (Lipinski definition) is 1. The van der Waals surface area contributed by atoms with Crippen molar-refractivity contribution in [1.82, 2.24) is 9.80 Å². The van der Waals surface area contributed by atoms with Gasteiger partial charge in [0, 0.05) is 31.4 Å². The van der Waals surface area contributed by atoms with E-state index in [4.69, 9.17) is 11.6 Å². The van der Waals surface area contributed by atoms with Gasteiger partial charge < -0.3 is 10.2 Å². The van der Waals surface area contributed by atoms with Crippen molar-refractivity contribution in [2.24, 2.45) is 0 Å². The highest BCUT2D eigenvalue weighted by Gasteiger charge is 2.34. The summed E-state index contributed by atoms with van der Waals surface area (Å²) in [5, 5.41) is 2.18. The third-order valence-electron chi connectivity index (χ3n) is 4.65. The summed E-state index contributed by atoms with van der Waals surface area (Å²) >= 11 is 5.59. The summed E-state index contributed by atoms with van der Waals surface area (Å²) in [6.07, 6.45) is -1.15. The molecule has 0 aliphatic carbocycles. The highest BCUT2D eigenvalue weighted by molar-refractivity contribution is 6.31. The van der Waals surface area contributed by atoms with Gasteiger partial charge in [-0.3, -0.25) is 4.90 Å². The lowest BCUT2D eigenvalue weighted by Gasteiger charge is -2.43. The Labute approximate surface area is 143 Å². The van der Waals surface area contributed by atoms with Crippen LogP contribution in [-0.2, 0) is 6.18 Å². The Hall–Kier alpha value is -1.47. The van der Waals surface area contributed by atoms with Crippen LogP contribution >= 0.6 is 11.6 Å². The number of rotatable bonds is 1. The van der Waals surface area contributed by atoms with Crippen molar-refractivity contribution in [2.75, 3.05) is 31.5 Å². The molecular weight excluding hydrogens is 343 g/mol. The fraction of sp³-hybridized carbons (Fsp3) is 0.562. The lowest BCUT2D eigenvalue weighted by atomic mass is 10.00. The zero-order valence-corrected chi connectivity index (χ0v) is 13.8. The molecule has 2 amide bonds. The van der Waals surface area contributed by atoms with Crippen LogP contribution < -0.4 is 5.32 Å². The second-order valence-corrected chi connectivity index (χ2v) is 6.66. The van der Waals surface area contributed by atoms with Gasteiger partial charge in [0.2, 0.25) is 0 Å². The maximum Gasteiger partial charge on any atom is 0.417 e. The van der Waals surface area contributed by atoms with Crippen LogP contribution in [0.5, 0.6) is 0 Å². The third-order valence-corrected chi connectivity index (χ3v) is 4.98. The molecule has 2 heterocycles. The maximum absolute atomic E-state index is 12.9. The van der Waals surface area contributed by atoms with Crippen molar-refractivity contribution < 1.29 is 18.0 Å². The summed E-state index contributed by atoms with van der Waals surface area (Å²) in [6, 6.07) is 3.40. The molecule has 8 heteroatoms. The predicted octanol–water partition coefficient (Wildman–Crippen LogP) is 4.06. The van der Waals surface area contributed by atoms with Crippen LogP contribution in [0.3, 0.4) is 0 Å². The number of benzene rings is 1. The Balaban J connectivity index is 1.67. The maximum atomic E-state index is 12.9. The van der Waals surface area contributed by atoms with E-state index in [2.05, 4.69) is 10.2 Å². The van der Waals surface area contributed by atoms with Crippen molar-refractivity contribution >= 4 is 23.3 Å². The number of nitrogens with one attached hydrogen (secondary N) is 1. The number of hydrogen-bond acceptors (Lipinski definition) is 2. The molecule has 2 fully saturated rings. The highest BCUT2D eigenvalue weighted by atomic mass is 35.5. The number of halogens is 4. The monoisotopic (exact) mass is 361 g/mol. The normalized spacial score (nSPS) is 22.2. The number of nitrogens with zero attached hydrogens (tertiary/aromatic N) is 2. The number of amides is 2. The molecule has 132 valence electrons. The van der Waals surface area contributed by atoms with Crippen LogP contribution in [0.4, 0.5) is 23.7 Å². The average molecular weight is 362 g/mol. The molecule has 3 rings (SSSR count). The topological polar surface area (TPSA) is 35.6 Å². The number of anilines is 1. The van der Waals surface area contributed by atoms with Crippen LogP contribution in [0.25, 0.3) is 0 Å². The summed E-state index contributed by atoms with van der Waals surface area (Å²) in [5.74, 6) is 0. The number of carbonyl (C=O) groups excluding carboxylic acids is 1. The van der Waals surface area contributed by atoms with Crippen LogP contribution in [0, 0.1) is 0 Å². The third kappa shape index (κ3) is 3.78. The van der Waals surface area contributed by atoms with Crippen LogP contribution in [0.15, 0.2) is 18.2 Å². The minimum Gasteiger partial charge on any atom is -0.322 e. The van der Waals surface area contributed by atoms with Crippen molar-refractivity contribution in [1.29, 1.82) is 0 Å². The summed E-state index contributed by atoms with van der Waals surface area (Å²) in [6.45, 7) is 3.08. The van der Waals surface area contributed by atoms with Gasteiger partial charge in [-0.15, -0.1) is 0 Å². The van der Waals surface area contributed by atoms with Crippen LogP contribution in [-0.4, -0.2) is 48.1 Å². The molecule has 1 aromatic carbocycles. The second kappa shape index (κ2) is 6.80. The standard InChI is InChI=1S/C16H19ClF3N3O/c17-14-5-4-11(9-13(14)16(18,19)20)21-15(24)23-8-7-22-6-2-1-3-12(22)10-23/h4-5,9,12H,1-3,6-8,10H2,(H,21,24). The van der Waals surface area contributed by atoms with E-state index in [1.165, 1.54) is 12.5 Å². The lowest BCUT2D eigenvalue weighted by molar-refractivity contribution is -0.137. The average Bonchev–Trinajstić information content (AvgIpc) is 2.55. The first-order chi connectivity index (χ1) is 11.3. The molecule has 0 radical (unpaired) electrons. The Morgan fingerprint density at radius 3 is 2.75 bits per heavy atom. The van der Waals surface area contributed by atoms with Crippen LogP contribution in [0.2, 0.25) is 5.02 Å². The van der Waals surface area contributed by atoms with Crippen molar-refractivity contribution in [3.8, 4) is 0 Å². The van der Waals surface area contributed by atoms with Gasteiger partial charge in [-0.25, -0.2) is 4.79 Å². The van der Waals surface area contributed by atoms with E-state index < -0.39 is 11.7 Å². The van der Waals surface area contributed by atoms with Gasteiger partial charge in [0.15, 0.2) is 0 Å². The molecule has 0 bridgehead atoms. The lowest BCUT2D eigenvalue weighted by Crippen LogP contribution is -2.56. The Kier molecular flexibility index (Phi) is 4.92. The summed E-state index contributed by atoms with van der Waals surface area (Å²) in [5.41, 5.74) is -0.845. The summed E-state index contributed by atoms with van der Waals surface area (Å²) in [4.78, 5) is 16.4. The molecule has 2 saturated heterocycles. The molecule has 1 atom stereocenters. The predicted molar refractivity (Wildman–Crippen MR) is 86.3 cm³/mol. The molecular formula is C16H19ClF3N3O. The van der Waals surface area contributed by atoms with Gasteiger partial charge in [-0.1, -0.05) is 18.0 Å². The number of urea groups is 1. The van der Waals surface area contributed by atoms with E-state index in [1.807, 2.05) is 0 Å². The molecule has 2 aliphatic rings. The van der Waals surface area contributed by atoms with Gasteiger partial charge in [-0.05, 0) is 37.6 Å². The van der Waals surface area contributed by atoms with E-state index >= 15 is 0 Å². The van der Waals surface area contributed by atoms with E-state index in [1.54, 1.807) is 4.90 Å². The Bertz CT molecular complexity index is 623. The SMILES string of the molecule is O=C(Nc1ccc(Cl)c(C(F)(F)F)c1)N1CCN2CCCCC2C1. The molecule has 24 heavy (non-hydrogen) atoms. The van der Waals surface area contributed by atoms with Gasteiger partial charge >= 0.3 is 12.2 Å². The molecule has 4 nitrogen and oxygen atoms in total. The molecule has 1 unspecified atom stereocenters. The minimum absolute atomic E-state index is 0.0998. The van der Waals surface area contributed by atoms with Gasteiger partial charge in [0.05, 0.1) is 10.6 Å². The number of fused-ring (bicyclic) bond motifs is 1. The van der Waals surface area contributed by atoms with Gasteiger partial charge in [0.25, 0.3) is 0 Å². The highest BCUT2D eigenvalue weighted by Crippen LogP contribution is 2.36. The largest absolute Gasteiger partial charge is 0.417 e. The van der Waals surface area contributed by atoms with Crippen molar-refractivity contribution in [2.45, 2.75) is 31.5 Å². The minimum atomic E-state index is -4.55. The first-order valence-corrected chi connectivity index (χ1v) is 8.39. The molecule has 1 N–H and O–H groups in total. The summed E-state index contributed by atoms with van der Waals surface area (Å²) < 4.78 is 38.7.